The second-order valence-corrected chi connectivity index (χ2v) is 3.57. The number of nitriles is 1. The molecule has 1 aromatic carbocycles. The maximum absolute atomic E-state index is 8.99. The van der Waals surface area contributed by atoms with Gasteiger partial charge >= 0.3 is 0 Å². The lowest BCUT2D eigenvalue weighted by atomic mass is 10.1. The van der Waals surface area contributed by atoms with Gasteiger partial charge in [-0.3, -0.25) is 0 Å². The van der Waals surface area contributed by atoms with Gasteiger partial charge in [0, 0.05) is 12.7 Å². The van der Waals surface area contributed by atoms with Gasteiger partial charge in [0.25, 0.3) is 0 Å². The lowest BCUT2D eigenvalue weighted by molar-refractivity contribution is 0.592. The van der Waals surface area contributed by atoms with Crippen molar-refractivity contribution in [3.05, 3.63) is 59.9 Å². The highest BCUT2D eigenvalue weighted by molar-refractivity contribution is 5.28. The van der Waals surface area contributed by atoms with Gasteiger partial charge in [-0.1, -0.05) is 30.3 Å². The van der Waals surface area contributed by atoms with Crippen molar-refractivity contribution in [1.82, 2.24) is 4.57 Å². The van der Waals surface area contributed by atoms with Gasteiger partial charge < -0.3 is 10.3 Å². The van der Waals surface area contributed by atoms with Crippen molar-refractivity contribution < 1.29 is 0 Å². The van der Waals surface area contributed by atoms with Crippen LogP contribution in [0, 0.1) is 11.3 Å². The fraction of sp³-hybridized carbons (Fsp3) is 0.154. The number of hydrogen-bond donors (Lipinski definition) is 1. The molecule has 0 aliphatic heterocycles. The van der Waals surface area contributed by atoms with Gasteiger partial charge in [0.05, 0.1) is 6.04 Å². The van der Waals surface area contributed by atoms with Gasteiger partial charge in [-0.15, -0.1) is 0 Å². The van der Waals surface area contributed by atoms with Crippen LogP contribution in [-0.2, 0) is 0 Å². The molecule has 1 atom stereocenters. The molecule has 2 aromatic rings. The zero-order chi connectivity index (χ0) is 11.4. The Morgan fingerprint density at radius 2 is 1.94 bits per heavy atom. The number of nitrogens with two attached hydrogens (primary N) is 1. The van der Waals surface area contributed by atoms with Crippen molar-refractivity contribution in [2.24, 2.45) is 5.73 Å². The predicted molar refractivity (Wildman–Crippen MR) is 62.8 cm³/mol. The van der Waals surface area contributed by atoms with Gasteiger partial charge in [0.1, 0.15) is 11.8 Å². The number of benzene rings is 1. The Balaban J connectivity index is 2.42. The van der Waals surface area contributed by atoms with Crippen LogP contribution < -0.4 is 5.73 Å². The number of nitrogens with zero attached hydrogens (tertiary/aromatic N) is 2. The number of rotatable bonds is 3. The van der Waals surface area contributed by atoms with E-state index >= 15 is 0 Å². The summed E-state index contributed by atoms with van der Waals surface area (Å²) in [5.41, 5.74) is 7.55. The van der Waals surface area contributed by atoms with Crippen LogP contribution in [0.4, 0.5) is 0 Å². The first-order valence-corrected chi connectivity index (χ1v) is 5.18. The van der Waals surface area contributed by atoms with E-state index in [0.29, 0.717) is 12.2 Å². The highest BCUT2D eigenvalue weighted by Crippen LogP contribution is 2.19. The van der Waals surface area contributed by atoms with Gasteiger partial charge in [-0.2, -0.15) is 5.26 Å². The van der Waals surface area contributed by atoms with E-state index in [1.807, 2.05) is 47.2 Å². The molecular formula is C13H13N3. The first-order valence-electron chi connectivity index (χ1n) is 5.18. The third-order valence-corrected chi connectivity index (χ3v) is 2.64. The molecule has 2 rings (SSSR count). The molecule has 80 valence electrons. The summed E-state index contributed by atoms with van der Waals surface area (Å²) < 4.78 is 1.91. The fourth-order valence-corrected chi connectivity index (χ4v) is 1.85. The van der Waals surface area contributed by atoms with Crippen molar-refractivity contribution in [3.63, 3.8) is 0 Å². The third-order valence-electron chi connectivity index (χ3n) is 2.64. The van der Waals surface area contributed by atoms with E-state index in [0.717, 1.165) is 5.56 Å². The summed E-state index contributed by atoms with van der Waals surface area (Å²) in [5, 5.41) is 8.99. The van der Waals surface area contributed by atoms with Crippen molar-refractivity contribution in [2.45, 2.75) is 6.04 Å². The molecule has 0 spiro atoms. The highest BCUT2D eigenvalue weighted by atomic mass is 15.0. The smallest absolute Gasteiger partial charge is 0.120 e. The van der Waals surface area contributed by atoms with Crippen LogP contribution >= 0.6 is 0 Å². The maximum Gasteiger partial charge on any atom is 0.120 e. The summed E-state index contributed by atoms with van der Waals surface area (Å²) >= 11 is 0. The van der Waals surface area contributed by atoms with Crippen molar-refractivity contribution in [3.8, 4) is 6.07 Å². The molecule has 1 unspecified atom stereocenters. The Kier molecular flexibility index (Phi) is 3.04. The molecule has 0 saturated carbocycles. The molecule has 16 heavy (non-hydrogen) atoms. The highest BCUT2D eigenvalue weighted by Gasteiger charge is 2.13. The summed E-state index contributed by atoms with van der Waals surface area (Å²) in [6.07, 6.45) is 1.89. The van der Waals surface area contributed by atoms with Crippen molar-refractivity contribution in [1.29, 1.82) is 5.26 Å². The molecular weight excluding hydrogens is 198 g/mol. The lowest BCUT2D eigenvalue weighted by Gasteiger charge is -2.18. The normalized spacial score (nSPS) is 12.0. The molecule has 0 amide bonds. The number of hydrogen-bond acceptors (Lipinski definition) is 2. The van der Waals surface area contributed by atoms with Crippen molar-refractivity contribution in [2.75, 3.05) is 6.54 Å². The quantitative estimate of drug-likeness (QED) is 0.843. The van der Waals surface area contributed by atoms with E-state index in [1.54, 1.807) is 6.07 Å². The molecule has 3 nitrogen and oxygen atoms in total. The minimum Gasteiger partial charge on any atom is -0.331 e. The van der Waals surface area contributed by atoms with Crippen LogP contribution in [0.2, 0.25) is 0 Å². The van der Waals surface area contributed by atoms with E-state index < -0.39 is 0 Å². The Bertz CT molecular complexity index is 493. The first kappa shape index (κ1) is 10.5. The Labute approximate surface area is 94.7 Å². The largest absolute Gasteiger partial charge is 0.331 e. The number of aromatic nitrogens is 1. The van der Waals surface area contributed by atoms with Crippen LogP contribution in [-0.4, -0.2) is 11.1 Å². The topological polar surface area (TPSA) is 54.7 Å². The second kappa shape index (κ2) is 4.65. The Morgan fingerprint density at radius 3 is 2.56 bits per heavy atom. The minimum absolute atomic E-state index is 0.0332. The zero-order valence-electron chi connectivity index (χ0n) is 8.88. The summed E-state index contributed by atoms with van der Waals surface area (Å²) in [4.78, 5) is 0. The zero-order valence-corrected chi connectivity index (χ0v) is 8.88. The summed E-state index contributed by atoms with van der Waals surface area (Å²) in [5.74, 6) is 0. The van der Waals surface area contributed by atoms with E-state index in [-0.39, 0.29) is 6.04 Å². The van der Waals surface area contributed by atoms with Crippen LogP contribution in [0.5, 0.6) is 0 Å². The standard InChI is InChI=1S/C13H13N3/c14-9-12-7-4-8-16(12)13(10-15)11-5-2-1-3-6-11/h1-8,13H,10,15H2. The van der Waals surface area contributed by atoms with Crippen LogP contribution in [0.15, 0.2) is 48.7 Å². The molecule has 0 fully saturated rings. The van der Waals surface area contributed by atoms with Crippen molar-refractivity contribution >= 4 is 0 Å². The van der Waals surface area contributed by atoms with Crippen LogP contribution in [0.1, 0.15) is 17.3 Å². The van der Waals surface area contributed by atoms with Gasteiger partial charge in [0.2, 0.25) is 0 Å². The van der Waals surface area contributed by atoms with Gasteiger partial charge in [-0.05, 0) is 17.7 Å². The molecule has 1 heterocycles. The maximum atomic E-state index is 8.99. The molecule has 0 aliphatic rings. The van der Waals surface area contributed by atoms with Gasteiger partial charge in [0.15, 0.2) is 0 Å². The Hall–Kier alpha value is -2.05. The average Bonchev–Trinajstić information content (AvgIpc) is 2.80. The second-order valence-electron chi connectivity index (χ2n) is 3.57. The Morgan fingerprint density at radius 1 is 1.19 bits per heavy atom. The summed E-state index contributed by atoms with van der Waals surface area (Å²) in [6, 6.07) is 15.8. The van der Waals surface area contributed by atoms with E-state index in [2.05, 4.69) is 6.07 Å². The predicted octanol–water partition coefficient (Wildman–Crippen LogP) is 1.91. The van der Waals surface area contributed by atoms with E-state index in [4.69, 9.17) is 11.0 Å². The average molecular weight is 211 g/mol. The lowest BCUT2D eigenvalue weighted by Crippen LogP contribution is -2.20. The SMILES string of the molecule is N#Cc1cccn1C(CN)c1ccccc1. The monoisotopic (exact) mass is 211 g/mol. The van der Waals surface area contributed by atoms with Crippen LogP contribution in [0.25, 0.3) is 0 Å². The molecule has 0 radical (unpaired) electrons. The molecule has 0 saturated heterocycles. The first-order chi connectivity index (χ1) is 7.86. The summed E-state index contributed by atoms with van der Waals surface area (Å²) in [7, 11) is 0. The third kappa shape index (κ3) is 1.83. The van der Waals surface area contributed by atoms with E-state index in [9.17, 15) is 0 Å². The molecule has 1 aromatic heterocycles. The minimum atomic E-state index is 0.0332. The molecule has 0 bridgehead atoms. The van der Waals surface area contributed by atoms with E-state index in [1.165, 1.54) is 0 Å². The molecule has 3 heteroatoms. The molecule has 2 N–H and O–H groups in total. The fourth-order valence-electron chi connectivity index (χ4n) is 1.85. The molecule has 0 aliphatic carbocycles. The summed E-state index contributed by atoms with van der Waals surface area (Å²) in [6.45, 7) is 0.480. The van der Waals surface area contributed by atoms with Crippen LogP contribution in [0.3, 0.4) is 0 Å². The van der Waals surface area contributed by atoms with Gasteiger partial charge in [-0.25, -0.2) is 0 Å².